The third-order valence-electron chi connectivity index (χ3n) is 13.4. The SMILES string of the molecule is CC/C=C\C/C=C\C/C=C\CCCCCCCCCCCC(=O)OCC(COC(=O)CCCCCCC\C=C/C=C\C=C/C=C\C=C/CCC)OC(=O)CCCCCCCCCCCCCCCCCCCCC. The van der Waals surface area contributed by atoms with Gasteiger partial charge in [-0.05, 0) is 70.6 Å². The van der Waals surface area contributed by atoms with Gasteiger partial charge < -0.3 is 14.2 Å². The summed E-state index contributed by atoms with van der Waals surface area (Å²) in [4.78, 5) is 38.3. The van der Waals surface area contributed by atoms with Crippen LogP contribution in [0.15, 0.2) is 97.2 Å². The number of carbonyl (C=O) groups is 3. The standard InChI is InChI=1S/C68H116O6/c1-4-7-10-13-16-19-22-25-28-31-34-37-40-43-46-49-52-55-58-61-67(70)73-64-65(63-72-66(69)60-57-54-51-48-45-42-39-36-33-30-27-24-21-18-15-12-9-6-3)74-68(71)62-59-56-53-50-47-44-41-38-35-32-29-26-23-20-17-14-11-8-5-2/h7,10,12,15-16,18-19,21,24-25,27-28,30,33,36,39,65H,4-6,8-9,11,13-14,17,20,22-23,26,29,31-32,34-35,37-38,40-64H2,1-3H3/b10-7-,15-12-,19-16-,21-18-,27-24-,28-25-,33-30-,39-36-. The zero-order valence-electron chi connectivity index (χ0n) is 48.6. The van der Waals surface area contributed by atoms with Crippen molar-refractivity contribution >= 4 is 17.9 Å². The van der Waals surface area contributed by atoms with Crippen LogP contribution in [0.3, 0.4) is 0 Å². The highest BCUT2D eigenvalue weighted by Gasteiger charge is 2.19. The zero-order chi connectivity index (χ0) is 53.6. The average Bonchev–Trinajstić information content (AvgIpc) is 3.40. The van der Waals surface area contributed by atoms with Crippen LogP contribution in [0.1, 0.15) is 297 Å². The monoisotopic (exact) mass is 1030 g/mol. The molecule has 0 radical (unpaired) electrons. The van der Waals surface area contributed by atoms with E-state index in [0.717, 1.165) is 103 Å². The van der Waals surface area contributed by atoms with Crippen molar-refractivity contribution in [2.45, 2.75) is 303 Å². The first-order valence-corrected chi connectivity index (χ1v) is 31.3. The van der Waals surface area contributed by atoms with Crippen molar-refractivity contribution in [1.29, 1.82) is 0 Å². The van der Waals surface area contributed by atoms with Crippen molar-refractivity contribution in [2.75, 3.05) is 13.2 Å². The number of carbonyl (C=O) groups excluding carboxylic acids is 3. The molecule has 0 rings (SSSR count). The number of hydrogen-bond acceptors (Lipinski definition) is 6. The Morgan fingerprint density at radius 1 is 0.297 bits per heavy atom. The lowest BCUT2D eigenvalue weighted by Gasteiger charge is -2.18. The van der Waals surface area contributed by atoms with Crippen LogP contribution in [-0.4, -0.2) is 37.2 Å². The van der Waals surface area contributed by atoms with E-state index < -0.39 is 6.10 Å². The van der Waals surface area contributed by atoms with Gasteiger partial charge in [-0.3, -0.25) is 14.4 Å². The van der Waals surface area contributed by atoms with Gasteiger partial charge in [-0.2, -0.15) is 0 Å². The molecule has 74 heavy (non-hydrogen) atoms. The topological polar surface area (TPSA) is 78.9 Å². The first-order chi connectivity index (χ1) is 36.5. The van der Waals surface area contributed by atoms with Crippen LogP contribution < -0.4 is 0 Å². The summed E-state index contributed by atoms with van der Waals surface area (Å²) in [5, 5.41) is 0. The number of rotatable bonds is 56. The molecule has 0 bridgehead atoms. The molecule has 424 valence electrons. The van der Waals surface area contributed by atoms with Gasteiger partial charge >= 0.3 is 17.9 Å². The van der Waals surface area contributed by atoms with E-state index in [0.29, 0.717) is 19.3 Å². The van der Waals surface area contributed by atoms with Crippen LogP contribution in [0.2, 0.25) is 0 Å². The molecular weight excluding hydrogens is 913 g/mol. The van der Waals surface area contributed by atoms with Gasteiger partial charge in [0.1, 0.15) is 13.2 Å². The van der Waals surface area contributed by atoms with Crippen LogP contribution >= 0.6 is 0 Å². The van der Waals surface area contributed by atoms with Crippen molar-refractivity contribution in [2.24, 2.45) is 0 Å². The molecule has 6 heteroatoms. The largest absolute Gasteiger partial charge is 0.462 e. The molecule has 0 saturated carbocycles. The Hall–Kier alpha value is -3.67. The van der Waals surface area contributed by atoms with Crippen LogP contribution in [0.5, 0.6) is 0 Å². The molecule has 0 N–H and O–H groups in total. The number of hydrogen-bond donors (Lipinski definition) is 0. The first kappa shape index (κ1) is 70.3. The van der Waals surface area contributed by atoms with E-state index in [1.54, 1.807) is 0 Å². The molecule has 0 aromatic heterocycles. The fourth-order valence-corrected chi connectivity index (χ4v) is 8.78. The van der Waals surface area contributed by atoms with Crippen molar-refractivity contribution < 1.29 is 28.6 Å². The molecule has 6 nitrogen and oxygen atoms in total. The molecular formula is C68H116O6. The van der Waals surface area contributed by atoms with Crippen molar-refractivity contribution in [3.05, 3.63) is 97.2 Å². The minimum absolute atomic E-state index is 0.0872. The summed E-state index contributed by atoms with van der Waals surface area (Å²) in [7, 11) is 0. The van der Waals surface area contributed by atoms with Gasteiger partial charge in [0.15, 0.2) is 6.10 Å². The zero-order valence-corrected chi connectivity index (χ0v) is 48.6. The van der Waals surface area contributed by atoms with E-state index in [4.69, 9.17) is 14.2 Å². The predicted molar refractivity (Wildman–Crippen MR) is 320 cm³/mol. The molecule has 0 saturated heterocycles. The predicted octanol–water partition coefficient (Wildman–Crippen LogP) is 21.3. The van der Waals surface area contributed by atoms with Gasteiger partial charge in [0, 0.05) is 19.3 Å². The second kappa shape index (κ2) is 61.9. The van der Waals surface area contributed by atoms with E-state index in [-0.39, 0.29) is 31.1 Å². The second-order valence-electron chi connectivity index (χ2n) is 20.7. The van der Waals surface area contributed by atoms with E-state index in [9.17, 15) is 14.4 Å². The number of ether oxygens (including phenoxy) is 3. The van der Waals surface area contributed by atoms with Gasteiger partial charge in [-0.1, -0.05) is 304 Å². The molecule has 0 aromatic rings. The highest BCUT2D eigenvalue weighted by Crippen LogP contribution is 2.17. The summed E-state index contributed by atoms with van der Waals surface area (Å²) in [6.45, 7) is 6.45. The summed E-state index contributed by atoms with van der Waals surface area (Å²) in [6, 6.07) is 0. The summed E-state index contributed by atoms with van der Waals surface area (Å²) in [6.07, 6.45) is 82.5. The lowest BCUT2D eigenvalue weighted by Crippen LogP contribution is -2.30. The summed E-state index contributed by atoms with van der Waals surface area (Å²) in [5.41, 5.74) is 0. The molecule has 0 aromatic carbocycles. The minimum Gasteiger partial charge on any atom is -0.462 e. The first-order valence-electron chi connectivity index (χ1n) is 31.3. The Morgan fingerprint density at radius 2 is 0.608 bits per heavy atom. The van der Waals surface area contributed by atoms with Crippen molar-refractivity contribution in [3.8, 4) is 0 Å². The molecule has 1 unspecified atom stereocenters. The smallest absolute Gasteiger partial charge is 0.306 e. The normalized spacial score (nSPS) is 12.7. The third-order valence-corrected chi connectivity index (χ3v) is 13.4. The van der Waals surface area contributed by atoms with Gasteiger partial charge in [-0.25, -0.2) is 0 Å². The molecule has 0 spiro atoms. The molecule has 1 atom stereocenters. The molecule has 0 fully saturated rings. The maximum absolute atomic E-state index is 12.9. The van der Waals surface area contributed by atoms with Gasteiger partial charge in [0.05, 0.1) is 0 Å². The number of esters is 3. The fraction of sp³-hybridized carbons (Fsp3) is 0.721. The number of allylic oxidation sites excluding steroid dienone is 16. The minimum atomic E-state index is -0.791. The second-order valence-corrected chi connectivity index (χ2v) is 20.7. The lowest BCUT2D eigenvalue weighted by atomic mass is 10.0. The lowest BCUT2D eigenvalue weighted by molar-refractivity contribution is -0.167. The van der Waals surface area contributed by atoms with Gasteiger partial charge in [0.25, 0.3) is 0 Å². The Balaban J connectivity index is 4.42. The van der Waals surface area contributed by atoms with Gasteiger partial charge in [0.2, 0.25) is 0 Å². The van der Waals surface area contributed by atoms with Crippen LogP contribution in [0.25, 0.3) is 0 Å². The molecule has 0 amide bonds. The van der Waals surface area contributed by atoms with E-state index in [1.165, 1.54) is 154 Å². The fourth-order valence-electron chi connectivity index (χ4n) is 8.78. The Kier molecular flexibility index (Phi) is 58.8. The number of unbranched alkanes of at least 4 members (excludes halogenated alkanes) is 33. The van der Waals surface area contributed by atoms with Crippen LogP contribution in [-0.2, 0) is 28.6 Å². The Labute approximate surface area is 457 Å². The maximum atomic E-state index is 12.9. The van der Waals surface area contributed by atoms with E-state index in [1.807, 2.05) is 24.3 Å². The highest BCUT2D eigenvalue weighted by atomic mass is 16.6. The van der Waals surface area contributed by atoms with Crippen LogP contribution in [0.4, 0.5) is 0 Å². The summed E-state index contributed by atoms with van der Waals surface area (Å²) >= 11 is 0. The molecule has 0 aliphatic carbocycles. The van der Waals surface area contributed by atoms with Crippen LogP contribution in [0, 0.1) is 0 Å². The Bertz CT molecular complexity index is 1460. The maximum Gasteiger partial charge on any atom is 0.306 e. The average molecular weight is 1030 g/mol. The van der Waals surface area contributed by atoms with Crippen molar-refractivity contribution in [3.63, 3.8) is 0 Å². The van der Waals surface area contributed by atoms with Crippen molar-refractivity contribution in [1.82, 2.24) is 0 Å². The van der Waals surface area contributed by atoms with E-state index >= 15 is 0 Å². The summed E-state index contributed by atoms with van der Waals surface area (Å²) < 4.78 is 16.9. The Morgan fingerprint density at radius 3 is 1.00 bits per heavy atom. The van der Waals surface area contributed by atoms with Gasteiger partial charge in [-0.15, -0.1) is 0 Å². The quantitative estimate of drug-likeness (QED) is 0.0199. The summed E-state index contributed by atoms with van der Waals surface area (Å²) in [5.74, 6) is -0.906. The molecule has 0 heterocycles. The molecule has 0 aliphatic rings. The highest BCUT2D eigenvalue weighted by molar-refractivity contribution is 5.71. The molecule has 0 aliphatic heterocycles. The van der Waals surface area contributed by atoms with E-state index in [2.05, 4.69) is 93.7 Å². The third kappa shape index (κ3) is 59.2.